The lowest BCUT2D eigenvalue weighted by atomic mass is 10.1. The van der Waals surface area contributed by atoms with Crippen LogP contribution >= 0.6 is 15.9 Å². The predicted octanol–water partition coefficient (Wildman–Crippen LogP) is 5.08. The number of hydrogen-bond donors (Lipinski definition) is 1. The maximum atomic E-state index is 12.7. The SMILES string of the molecule is N#Cc1cc(Nc2ccccc2Br)ccc1C(F)(F)F. The van der Waals surface area contributed by atoms with Crippen LogP contribution in [0.15, 0.2) is 46.9 Å². The molecule has 0 aliphatic heterocycles. The van der Waals surface area contributed by atoms with Crippen molar-refractivity contribution in [2.45, 2.75) is 6.18 Å². The summed E-state index contributed by atoms with van der Waals surface area (Å²) < 4.78 is 38.8. The fraction of sp³-hybridized carbons (Fsp3) is 0.0714. The van der Waals surface area contributed by atoms with E-state index in [4.69, 9.17) is 5.26 Å². The number of nitriles is 1. The van der Waals surface area contributed by atoms with Crippen molar-refractivity contribution in [1.82, 2.24) is 0 Å². The highest BCUT2D eigenvalue weighted by Crippen LogP contribution is 2.34. The van der Waals surface area contributed by atoms with E-state index >= 15 is 0 Å². The Morgan fingerprint density at radius 3 is 2.40 bits per heavy atom. The molecule has 0 amide bonds. The van der Waals surface area contributed by atoms with Gasteiger partial charge < -0.3 is 5.32 Å². The number of alkyl halides is 3. The van der Waals surface area contributed by atoms with Crippen molar-refractivity contribution in [1.29, 1.82) is 5.26 Å². The number of para-hydroxylation sites is 1. The summed E-state index contributed by atoms with van der Waals surface area (Å²) in [5, 5.41) is 11.8. The Morgan fingerprint density at radius 1 is 1.10 bits per heavy atom. The Hall–Kier alpha value is -2.00. The first-order valence-corrected chi connectivity index (χ1v) is 6.34. The van der Waals surface area contributed by atoms with E-state index in [0.717, 1.165) is 10.5 Å². The van der Waals surface area contributed by atoms with Gasteiger partial charge in [0.25, 0.3) is 0 Å². The molecule has 2 aromatic carbocycles. The average molecular weight is 341 g/mol. The molecule has 6 heteroatoms. The number of nitrogens with one attached hydrogen (secondary N) is 1. The molecule has 0 radical (unpaired) electrons. The van der Waals surface area contributed by atoms with Crippen molar-refractivity contribution in [3.8, 4) is 6.07 Å². The number of hydrogen-bond acceptors (Lipinski definition) is 2. The molecule has 1 N–H and O–H groups in total. The van der Waals surface area contributed by atoms with E-state index in [1.807, 2.05) is 6.07 Å². The molecule has 20 heavy (non-hydrogen) atoms. The zero-order valence-corrected chi connectivity index (χ0v) is 11.6. The fourth-order valence-corrected chi connectivity index (χ4v) is 2.06. The molecule has 0 aromatic heterocycles. The summed E-state index contributed by atoms with van der Waals surface area (Å²) in [6.07, 6.45) is -4.53. The van der Waals surface area contributed by atoms with Crippen LogP contribution in [0.5, 0.6) is 0 Å². The standard InChI is InChI=1S/C14H8BrF3N2/c15-12-3-1-2-4-13(12)20-10-5-6-11(14(16,17)18)9(7-10)8-19/h1-7,20H. The van der Waals surface area contributed by atoms with Crippen molar-refractivity contribution >= 4 is 27.3 Å². The van der Waals surface area contributed by atoms with Crippen LogP contribution in [-0.4, -0.2) is 0 Å². The largest absolute Gasteiger partial charge is 0.417 e. The lowest BCUT2D eigenvalue weighted by molar-refractivity contribution is -0.137. The van der Waals surface area contributed by atoms with Gasteiger partial charge in [-0.25, -0.2) is 0 Å². The van der Waals surface area contributed by atoms with Crippen molar-refractivity contribution in [3.63, 3.8) is 0 Å². The molecule has 0 aliphatic carbocycles. The second-order valence-electron chi connectivity index (χ2n) is 3.97. The van der Waals surface area contributed by atoms with Gasteiger partial charge in [-0.1, -0.05) is 12.1 Å². The van der Waals surface area contributed by atoms with Crippen LogP contribution in [0.25, 0.3) is 0 Å². The third-order valence-corrected chi connectivity index (χ3v) is 3.29. The van der Waals surface area contributed by atoms with Gasteiger partial charge in [0, 0.05) is 10.2 Å². The maximum Gasteiger partial charge on any atom is 0.417 e. The molecule has 0 aliphatic rings. The molecule has 0 unspecified atom stereocenters. The summed E-state index contributed by atoms with van der Waals surface area (Å²) in [5.41, 5.74) is -0.218. The molecule has 0 spiro atoms. The second kappa shape index (κ2) is 5.55. The van der Waals surface area contributed by atoms with Gasteiger partial charge >= 0.3 is 6.18 Å². The van der Waals surface area contributed by atoms with Crippen LogP contribution < -0.4 is 5.32 Å². The van der Waals surface area contributed by atoms with E-state index in [1.165, 1.54) is 12.1 Å². The first-order chi connectivity index (χ1) is 9.41. The van der Waals surface area contributed by atoms with E-state index in [0.29, 0.717) is 11.4 Å². The molecule has 0 heterocycles. The molecule has 2 aromatic rings. The normalized spacial score (nSPS) is 10.9. The molecule has 102 valence electrons. The highest BCUT2D eigenvalue weighted by molar-refractivity contribution is 9.10. The summed E-state index contributed by atoms with van der Waals surface area (Å²) in [4.78, 5) is 0. The number of halogens is 4. The number of benzene rings is 2. The predicted molar refractivity (Wildman–Crippen MR) is 73.6 cm³/mol. The van der Waals surface area contributed by atoms with Crippen molar-refractivity contribution < 1.29 is 13.2 Å². The van der Waals surface area contributed by atoms with Crippen LogP contribution in [0.1, 0.15) is 11.1 Å². The topological polar surface area (TPSA) is 35.8 Å². The second-order valence-corrected chi connectivity index (χ2v) is 4.83. The van der Waals surface area contributed by atoms with Crippen LogP contribution in [0.3, 0.4) is 0 Å². The van der Waals surface area contributed by atoms with Gasteiger partial charge in [-0.15, -0.1) is 0 Å². The minimum absolute atomic E-state index is 0.408. The van der Waals surface area contributed by atoms with Crippen molar-refractivity contribution in [2.24, 2.45) is 0 Å². The minimum atomic E-state index is -4.53. The van der Waals surface area contributed by atoms with Gasteiger partial charge in [0.15, 0.2) is 0 Å². The zero-order valence-electron chi connectivity index (χ0n) is 10.0. The first-order valence-electron chi connectivity index (χ1n) is 5.54. The van der Waals surface area contributed by atoms with Gasteiger partial charge in [0.05, 0.1) is 22.9 Å². The van der Waals surface area contributed by atoms with Crippen molar-refractivity contribution in [2.75, 3.05) is 5.32 Å². The van der Waals surface area contributed by atoms with E-state index < -0.39 is 17.3 Å². The Morgan fingerprint density at radius 2 is 1.80 bits per heavy atom. The number of rotatable bonds is 2. The van der Waals surface area contributed by atoms with Crippen LogP contribution in [0, 0.1) is 11.3 Å². The van der Waals surface area contributed by atoms with Gasteiger partial charge in [0.1, 0.15) is 0 Å². The van der Waals surface area contributed by atoms with Gasteiger partial charge in [0.2, 0.25) is 0 Å². The third kappa shape index (κ3) is 3.11. The molecular formula is C14H8BrF3N2. The van der Waals surface area contributed by atoms with Crippen molar-refractivity contribution in [3.05, 3.63) is 58.1 Å². The Bertz CT molecular complexity index is 675. The maximum absolute atomic E-state index is 12.7. The van der Waals surface area contributed by atoms with Gasteiger partial charge in [-0.2, -0.15) is 18.4 Å². The zero-order chi connectivity index (χ0) is 14.8. The van der Waals surface area contributed by atoms with E-state index in [-0.39, 0.29) is 0 Å². The number of anilines is 2. The molecule has 0 saturated heterocycles. The van der Waals surface area contributed by atoms with Crippen LogP contribution in [0.4, 0.5) is 24.5 Å². The monoisotopic (exact) mass is 340 g/mol. The highest BCUT2D eigenvalue weighted by atomic mass is 79.9. The quantitative estimate of drug-likeness (QED) is 0.827. The molecular weight excluding hydrogens is 333 g/mol. The highest BCUT2D eigenvalue weighted by Gasteiger charge is 2.33. The molecule has 0 atom stereocenters. The Kier molecular flexibility index (Phi) is 4.00. The fourth-order valence-electron chi connectivity index (χ4n) is 1.68. The smallest absolute Gasteiger partial charge is 0.355 e. The Labute approximate surface area is 122 Å². The minimum Gasteiger partial charge on any atom is -0.355 e. The van der Waals surface area contributed by atoms with E-state index in [2.05, 4.69) is 21.2 Å². The van der Waals surface area contributed by atoms with Crippen LogP contribution in [0.2, 0.25) is 0 Å². The molecule has 2 nitrogen and oxygen atoms in total. The lowest BCUT2D eigenvalue weighted by Crippen LogP contribution is -2.08. The van der Waals surface area contributed by atoms with Gasteiger partial charge in [-0.3, -0.25) is 0 Å². The van der Waals surface area contributed by atoms with E-state index in [9.17, 15) is 13.2 Å². The summed E-state index contributed by atoms with van der Waals surface area (Å²) in [5.74, 6) is 0. The third-order valence-electron chi connectivity index (χ3n) is 2.60. The summed E-state index contributed by atoms with van der Waals surface area (Å²) in [7, 11) is 0. The van der Waals surface area contributed by atoms with E-state index in [1.54, 1.807) is 24.3 Å². The molecule has 0 bridgehead atoms. The number of nitrogens with zero attached hydrogens (tertiary/aromatic N) is 1. The molecule has 0 fully saturated rings. The summed E-state index contributed by atoms with van der Waals surface area (Å²) >= 11 is 3.33. The van der Waals surface area contributed by atoms with Gasteiger partial charge in [-0.05, 0) is 46.3 Å². The Balaban J connectivity index is 2.37. The molecule has 2 rings (SSSR count). The first kappa shape index (κ1) is 14.4. The lowest BCUT2D eigenvalue weighted by Gasteiger charge is -2.12. The molecule has 0 saturated carbocycles. The summed E-state index contributed by atoms with van der Waals surface area (Å²) in [6.45, 7) is 0. The van der Waals surface area contributed by atoms with Crippen LogP contribution in [-0.2, 0) is 6.18 Å². The summed E-state index contributed by atoms with van der Waals surface area (Å²) in [6, 6.07) is 12.1. The average Bonchev–Trinajstić information content (AvgIpc) is 2.40.